The molecule has 0 aliphatic heterocycles. The van der Waals surface area contributed by atoms with Crippen LogP contribution in [0.15, 0.2) is 18.2 Å². The van der Waals surface area contributed by atoms with Crippen molar-refractivity contribution in [3.05, 3.63) is 34.6 Å². The molecule has 0 amide bonds. The van der Waals surface area contributed by atoms with Crippen molar-refractivity contribution >= 4 is 11.6 Å². The van der Waals surface area contributed by atoms with Crippen molar-refractivity contribution < 1.29 is 4.39 Å². The highest BCUT2D eigenvalue weighted by Crippen LogP contribution is 2.43. The van der Waals surface area contributed by atoms with Crippen LogP contribution in [0.3, 0.4) is 0 Å². The standard InChI is InChI=1S/C12H11ClFN/c13-11-7-9(14)3-4-10(11)12(8-15)5-1-2-6-12/h3-4,7H,1-2,5-6H2. The van der Waals surface area contributed by atoms with Gasteiger partial charge in [0.2, 0.25) is 0 Å². The lowest BCUT2D eigenvalue weighted by Crippen LogP contribution is -2.19. The van der Waals surface area contributed by atoms with E-state index in [4.69, 9.17) is 11.6 Å². The van der Waals surface area contributed by atoms with Crippen LogP contribution in [0, 0.1) is 17.1 Å². The van der Waals surface area contributed by atoms with E-state index in [0.29, 0.717) is 5.02 Å². The molecule has 1 fully saturated rings. The molecule has 0 radical (unpaired) electrons. The maximum absolute atomic E-state index is 12.9. The zero-order valence-corrected chi connectivity index (χ0v) is 9.02. The van der Waals surface area contributed by atoms with E-state index in [-0.39, 0.29) is 5.82 Å². The third-order valence-electron chi connectivity index (χ3n) is 3.12. The molecule has 1 aliphatic carbocycles. The third kappa shape index (κ3) is 1.72. The Bertz CT molecular complexity index is 416. The number of hydrogen-bond donors (Lipinski definition) is 0. The Morgan fingerprint density at radius 1 is 1.33 bits per heavy atom. The first-order valence-electron chi connectivity index (χ1n) is 5.05. The molecule has 1 aromatic rings. The van der Waals surface area contributed by atoms with Crippen molar-refractivity contribution in [3.63, 3.8) is 0 Å². The number of rotatable bonds is 1. The smallest absolute Gasteiger partial charge is 0.124 e. The average molecular weight is 224 g/mol. The quantitative estimate of drug-likeness (QED) is 0.710. The minimum Gasteiger partial charge on any atom is -0.207 e. The van der Waals surface area contributed by atoms with Crippen molar-refractivity contribution in [2.75, 3.05) is 0 Å². The summed E-state index contributed by atoms with van der Waals surface area (Å²) in [5, 5.41) is 9.63. The lowest BCUT2D eigenvalue weighted by atomic mass is 9.80. The number of halogens is 2. The summed E-state index contributed by atoms with van der Waals surface area (Å²) in [6, 6.07) is 6.65. The molecule has 3 heteroatoms. The van der Waals surface area contributed by atoms with Gasteiger partial charge in [-0.2, -0.15) is 5.26 Å². The van der Waals surface area contributed by atoms with Gasteiger partial charge in [0.05, 0.1) is 11.5 Å². The maximum atomic E-state index is 12.9. The Morgan fingerprint density at radius 3 is 2.53 bits per heavy atom. The van der Waals surface area contributed by atoms with Crippen molar-refractivity contribution in [2.24, 2.45) is 0 Å². The first-order valence-corrected chi connectivity index (χ1v) is 5.42. The highest BCUT2D eigenvalue weighted by molar-refractivity contribution is 6.31. The second kappa shape index (κ2) is 3.83. The van der Waals surface area contributed by atoms with Gasteiger partial charge in [-0.25, -0.2) is 4.39 Å². The molecule has 0 unspecified atom stereocenters. The van der Waals surface area contributed by atoms with E-state index in [2.05, 4.69) is 6.07 Å². The predicted octanol–water partition coefficient (Wildman–Crippen LogP) is 3.81. The molecular weight excluding hydrogens is 213 g/mol. The summed E-state index contributed by atoms with van der Waals surface area (Å²) >= 11 is 5.99. The van der Waals surface area contributed by atoms with E-state index < -0.39 is 5.41 Å². The van der Waals surface area contributed by atoms with Crippen LogP contribution in [-0.2, 0) is 5.41 Å². The monoisotopic (exact) mass is 223 g/mol. The van der Waals surface area contributed by atoms with E-state index in [1.807, 2.05) is 0 Å². The molecule has 0 aromatic heterocycles. The van der Waals surface area contributed by atoms with E-state index in [1.165, 1.54) is 12.1 Å². The van der Waals surface area contributed by atoms with Crippen LogP contribution in [0.4, 0.5) is 4.39 Å². The number of hydrogen-bond acceptors (Lipinski definition) is 1. The number of benzene rings is 1. The van der Waals surface area contributed by atoms with Gasteiger partial charge >= 0.3 is 0 Å². The largest absolute Gasteiger partial charge is 0.207 e. The Labute approximate surface area is 93.5 Å². The maximum Gasteiger partial charge on any atom is 0.124 e. The van der Waals surface area contributed by atoms with E-state index >= 15 is 0 Å². The second-order valence-corrected chi connectivity index (χ2v) is 4.43. The molecule has 78 valence electrons. The molecule has 0 bridgehead atoms. The van der Waals surface area contributed by atoms with Gasteiger partial charge in [0.25, 0.3) is 0 Å². The highest BCUT2D eigenvalue weighted by atomic mass is 35.5. The molecule has 0 N–H and O–H groups in total. The molecule has 1 nitrogen and oxygen atoms in total. The van der Waals surface area contributed by atoms with Crippen LogP contribution in [-0.4, -0.2) is 0 Å². The fourth-order valence-electron chi connectivity index (χ4n) is 2.30. The summed E-state index contributed by atoms with van der Waals surface area (Å²) in [5.41, 5.74) is 0.302. The summed E-state index contributed by atoms with van der Waals surface area (Å²) < 4.78 is 12.9. The van der Waals surface area contributed by atoms with Crippen LogP contribution < -0.4 is 0 Å². The van der Waals surface area contributed by atoms with Crippen LogP contribution >= 0.6 is 11.6 Å². The van der Waals surface area contributed by atoms with Gasteiger partial charge in [-0.15, -0.1) is 0 Å². The summed E-state index contributed by atoms with van der Waals surface area (Å²) in [6.45, 7) is 0. The van der Waals surface area contributed by atoms with Gasteiger partial charge in [-0.1, -0.05) is 30.5 Å². The van der Waals surface area contributed by atoms with Crippen LogP contribution in [0.25, 0.3) is 0 Å². The lowest BCUT2D eigenvalue weighted by molar-refractivity contribution is 0.568. The molecule has 0 atom stereocenters. The Kier molecular flexibility index (Phi) is 2.67. The Hall–Kier alpha value is -1.07. The topological polar surface area (TPSA) is 23.8 Å². The third-order valence-corrected chi connectivity index (χ3v) is 3.43. The number of nitriles is 1. The van der Waals surface area contributed by atoms with Crippen LogP contribution in [0.5, 0.6) is 0 Å². The SMILES string of the molecule is N#CC1(c2ccc(F)cc2Cl)CCCC1. The Balaban J connectivity index is 2.48. The minimum atomic E-state index is -0.481. The predicted molar refractivity (Wildman–Crippen MR) is 57.2 cm³/mol. The summed E-state index contributed by atoms with van der Waals surface area (Å²) in [6.07, 6.45) is 3.74. The molecule has 1 aliphatic rings. The number of nitrogens with zero attached hydrogens (tertiary/aromatic N) is 1. The van der Waals surface area contributed by atoms with Gasteiger partial charge in [-0.3, -0.25) is 0 Å². The first kappa shape index (κ1) is 10.4. The van der Waals surface area contributed by atoms with Crippen molar-refractivity contribution in [2.45, 2.75) is 31.1 Å². The van der Waals surface area contributed by atoms with Crippen molar-refractivity contribution in [1.82, 2.24) is 0 Å². The lowest BCUT2D eigenvalue weighted by Gasteiger charge is -2.21. The molecule has 1 saturated carbocycles. The van der Waals surface area contributed by atoms with E-state index in [9.17, 15) is 9.65 Å². The van der Waals surface area contributed by atoms with Gasteiger partial charge in [0.1, 0.15) is 5.82 Å². The molecule has 0 heterocycles. The fraction of sp³-hybridized carbons (Fsp3) is 0.417. The second-order valence-electron chi connectivity index (χ2n) is 4.03. The van der Waals surface area contributed by atoms with Gasteiger partial charge in [0.15, 0.2) is 0 Å². The van der Waals surface area contributed by atoms with Crippen LogP contribution in [0.2, 0.25) is 5.02 Å². The molecule has 0 spiro atoms. The summed E-state index contributed by atoms with van der Waals surface area (Å²) in [4.78, 5) is 0. The summed E-state index contributed by atoms with van der Waals surface area (Å²) in [5.74, 6) is -0.352. The zero-order valence-electron chi connectivity index (χ0n) is 8.26. The highest BCUT2D eigenvalue weighted by Gasteiger charge is 2.37. The average Bonchev–Trinajstić information content (AvgIpc) is 2.67. The van der Waals surface area contributed by atoms with Gasteiger partial charge in [0, 0.05) is 5.02 Å². The minimum absolute atomic E-state index is 0.352. The fourth-order valence-corrected chi connectivity index (χ4v) is 2.65. The van der Waals surface area contributed by atoms with Gasteiger partial charge in [-0.05, 0) is 30.5 Å². The molecule has 0 saturated heterocycles. The van der Waals surface area contributed by atoms with E-state index in [1.54, 1.807) is 6.07 Å². The first-order chi connectivity index (χ1) is 7.18. The van der Waals surface area contributed by atoms with Crippen molar-refractivity contribution in [1.29, 1.82) is 5.26 Å². The van der Waals surface area contributed by atoms with Crippen LogP contribution in [0.1, 0.15) is 31.2 Å². The van der Waals surface area contributed by atoms with Crippen molar-refractivity contribution in [3.8, 4) is 6.07 Å². The van der Waals surface area contributed by atoms with Gasteiger partial charge < -0.3 is 0 Å². The Morgan fingerprint density at radius 2 is 2.00 bits per heavy atom. The zero-order chi connectivity index (χ0) is 10.9. The molecule has 15 heavy (non-hydrogen) atoms. The summed E-state index contributed by atoms with van der Waals surface area (Å²) in [7, 11) is 0. The molecular formula is C12H11ClFN. The normalized spacial score (nSPS) is 18.7. The molecule has 2 rings (SSSR count). The molecule has 1 aromatic carbocycles. The van der Waals surface area contributed by atoms with E-state index in [0.717, 1.165) is 31.2 Å².